The first kappa shape index (κ1) is 82.6. The minimum absolute atomic E-state index is 0. The van der Waals surface area contributed by atoms with E-state index < -0.39 is 17.9 Å². The van der Waals surface area contributed by atoms with Gasteiger partial charge in [0.1, 0.15) is 0 Å². The molecule has 0 aromatic carbocycles. The maximum absolute atomic E-state index is 8.89. The molecular formula is C6H21O12Ru. The number of aliphatic carboxylic acids is 3. The van der Waals surface area contributed by atoms with Gasteiger partial charge >= 0.3 is 19.5 Å². The molecule has 125 valence electrons. The van der Waals surface area contributed by atoms with Crippen LogP contribution in [0.4, 0.5) is 0 Å². The number of hydrogen-bond donors (Lipinski definition) is 0. The van der Waals surface area contributed by atoms with Gasteiger partial charge < -0.3 is 62.6 Å². The van der Waals surface area contributed by atoms with Crippen LogP contribution in [0, 0.1) is 0 Å². The van der Waals surface area contributed by atoms with Crippen molar-refractivity contribution in [2.24, 2.45) is 0 Å². The molecule has 12 nitrogen and oxygen atoms in total. The number of rotatable bonds is 0. The van der Waals surface area contributed by atoms with Crippen molar-refractivity contribution in [1.82, 2.24) is 0 Å². The van der Waals surface area contributed by atoms with Gasteiger partial charge in [-0.2, -0.15) is 0 Å². The zero-order valence-electron chi connectivity index (χ0n) is 10.3. The molecular weight excluding hydrogens is 365 g/mol. The maximum atomic E-state index is 8.89. The molecule has 12 N–H and O–H groups in total. The Balaban J connectivity index is -0.00000000675. The van der Waals surface area contributed by atoms with Gasteiger partial charge in [-0.25, -0.2) is 0 Å². The Morgan fingerprint density at radius 1 is 0.526 bits per heavy atom. The minimum Gasteiger partial charge on any atom is -0.550 e. The molecule has 0 spiro atoms. The zero-order valence-corrected chi connectivity index (χ0v) is 12.0. The van der Waals surface area contributed by atoms with E-state index in [1.807, 2.05) is 0 Å². The normalized spacial score (nSPS) is 3.95. The Kier molecular flexibility index (Phi) is 300. The third kappa shape index (κ3) is 2520. The Labute approximate surface area is 121 Å². The maximum Gasteiger partial charge on any atom is 3.00 e. The van der Waals surface area contributed by atoms with E-state index in [2.05, 4.69) is 0 Å². The molecule has 0 aromatic rings. The SMILES string of the molecule is CC(=O)[O-].CC(=O)[O-].CC(=O)[O-].O.O.O.O.O.O.[Ru+3]. The van der Waals surface area contributed by atoms with Crippen LogP contribution in [0.5, 0.6) is 0 Å². The van der Waals surface area contributed by atoms with Gasteiger partial charge in [0, 0.05) is 17.9 Å². The van der Waals surface area contributed by atoms with E-state index >= 15 is 0 Å². The molecule has 0 saturated heterocycles. The first-order chi connectivity index (χ1) is 5.20. The summed E-state index contributed by atoms with van der Waals surface area (Å²) in [5.74, 6) is -3.25. The average Bonchev–Trinajstić information content (AvgIpc) is 1.54. The Hall–Kier alpha value is -1.21. The van der Waals surface area contributed by atoms with E-state index in [-0.39, 0.29) is 52.3 Å². The Bertz CT molecular complexity index is 120. The van der Waals surface area contributed by atoms with Crippen molar-refractivity contribution < 1.29 is 82.0 Å². The predicted octanol–water partition coefficient (Wildman–Crippen LogP) is -8.68. The third-order valence-corrected chi connectivity index (χ3v) is 0. The molecule has 0 aliphatic rings. The summed E-state index contributed by atoms with van der Waals surface area (Å²) in [5, 5.41) is 26.7. The fourth-order valence-electron chi connectivity index (χ4n) is 0. The molecule has 0 rings (SSSR count). The molecule has 0 fully saturated rings. The van der Waals surface area contributed by atoms with Crippen LogP contribution in [0.2, 0.25) is 0 Å². The monoisotopic (exact) mass is 387 g/mol. The molecule has 1 radical (unpaired) electrons. The largest absolute Gasteiger partial charge is 3.00 e. The molecule has 0 saturated carbocycles. The first-order valence-corrected chi connectivity index (χ1v) is 2.72. The van der Waals surface area contributed by atoms with Crippen LogP contribution in [0.3, 0.4) is 0 Å². The third-order valence-electron chi connectivity index (χ3n) is 0. The van der Waals surface area contributed by atoms with Gasteiger partial charge in [-0.3, -0.25) is 0 Å². The summed E-state index contributed by atoms with van der Waals surface area (Å²) >= 11 is 0. The summed E-state index contributed by atoms with van der Waals surface area (Å²) in [4.78, 5) is 26.7. The van der Waals surface area contributed by atoms with Gasteiger partial charge in [0.25, 0.3) is 0 Å². The van der Waals surface area contributed by atoms with E-state index in [0.717, 1.165) is 20.8 Å². The van der Waals surface area contributed by atoms with Gasteiger partial charge in [0.2, 0.25) is 0 Å². The second-order valence-electron chi connectivity index (χ2n) is 1.47. The average molecular weight is 386 g/mol. The van der Waals surface area contributed by atoms with Crippen LogP contribution < -0.4 is 15.3 Å². The second-order valence-corrected chi connectivity index (χ2v) is 1.47. The number of carboxylic acid groups (broad SMARTS) is 3. The fraction of sp³-hybridized carbons (Fsp3) is 0.500. The van der Waals surface area contributed by atoms with Crippen molar-refractivity contribution in [3.8, 4) is 0 Å². The second kappa shape index (κ2) is 69.0. The van der Waals surface area contributed by atoms with Crippen LogP contribution in [-0.4, -0.2) is 50.8 Å². The van der Waals surface area contributed by atoms with E-state index in [0.29, 0.717) is 0 Å². The summed E-state index contributed by atoms with van der Waals surface area (Å²) in [6, 6.07) is 0. The standard InChI is InChI=1S/3C2H4O2.6H2O.Ru/c3*1-2(3)4;;;;;;;/h3*1H3,(H,3,4);6*1H2;/q;;;;;;;;;+3/p-3. The predicted molar refractivity (Wildman–Crippen MR) is 53.7 cm³/mol. The van der Waals surface area contributed by atoms with Crippen LogP contribution in [0.25, 0.3) is 0 Å². The molecule has 0 amide bonds. The molecule has 13 heteroatoms. The quantitative estimate of drug-likeness (QED) is 0.363. The molecule has 0 aromatic heterocycles. The zero-order chi connectivity index (χ0) is 10.7. The van der Waals surface area contributed by atoms with Gasteiger partial charge in [0.05, 0.1) is 0 Å². The topological polar surface area (TPSA) is 309 Å². The van der Waals surface area contributed by atoms with Gasteiger partial charge in [-0.1, -0.05) is 0 Å². The van der Waals surface area contributed by atoms with E-state index in [4.69, 9.17) is 29.7 Å². The van der Waals surface area contributed by atoms with Crippen LogP contribution in [-0.2, 0) is 33.9 Å². The van der Waals surface area contributed by atoms with Gasteiger partial charge in [-0.05, 0) is 20.8 Å². The Morgan fingerprint density at radius 2 is 0.526 bits per heavy atom. The molecule has 0 unspecified atom stereocenters. The summed E-state index contributed by atoms with van der Waals surface area (Å²) in [5.41, 5.74) is 0. The summed E-state index contributed by atoms with van der Waals surface area (Å²) in [6.07, 6.45) is 0. The number of carbonyl (C=O) groups is 3. The van der Waals surface area contributed by atoms with Gasteiger partial charge in [-0.15, -0.1) is 0 Å². The van der Waals surface area contributed by atoms with Crippen molar-refractivity contribution in [3.05, 3.63) is 0 Å². The number of carbonyl (C=O) groups excluding carboxylic acids is 3. The van der Waals surface area contributed by atoms with Crippen LogP contribution in [0.1, 0.15) is 20.8 Å². The van der Waals surface area contributed by atoms with Crippen molar-refractivity contribution in [2.75, 3.05) is 0 Å². The molecule has 0 heterocycles. The minimum atomic E-state index is -1.08. The van der Waals surface area contributed by atoms with Crippen molar-refractivity contribution in [2.45, 2.75) is 20.8 Å². The van der Waals surface area contributed by atoms with Crippen molar-refractivity contribution >= 4 is 17.9 Å². The Morgan fingerprint density at radius 3 is 0.526 bits per heavy atom. The molecule has 0 aliphatic carbocycles. The molecule has 19 heavy (non-hydrogen) atoms. The summed E-state index contributed by atoms with van der Waals surface area (Å²) in [6.45, 7) is 2.92. The molecule has 0 atom stereocenters. The molecule has 0 bridgehead atoms. The first-order valence-electron chi connectivity index (χ1n) is 2.72. The number of hydrogen-bond acceptors (Lipinski definition) is 6. The molecule has 0 aliphatic heterocycles. The van der Waals surface area contributed by atoms with E-state index in [9.17, 15) is 0 Å². The van der Waals surface area contributed by atoms with Crippen LogP contribution >= 0.6 is 0 Å². The summed E-state index contributed by atoms with van der Waals surface area (Å²) in [7, 11) is 0. The van der Waals surface area contributed by atoms with Crippen LogP contribution in [0.15, 0.2) is 0 Å². The number of carboxylic acids is 3. The van der Waals surface area contributed by atoms with Gasteiger partial charge in [0.15, 0.2) is 0 Å². The van der Waals surface area contributed by atoms with E-state index in [1.165, 1.54) is 0 Å². The van der Waals surface area contributed by atoms with E-state index in [1.54, 1.807) is 0 Å². The van der Waals surface area contributed by atoms with Crippen molar-refractivity contribution in [1.29, 1.82) is 0 Å². The summed E-state index contributed by atoms with van der Waals surface area (Å²) < 4.78 is 0. The van der Waals surface area contributed by atoms with Crippen molar-refractivity contribution in [3.63, 3.8) is 0 Å². The fourth-order valence-corrected chi connectivity index (χ4v) is 0. The smallest absolute Gasteiger partial charge is 0.550 e.